The molecule has 0 bridgehead atoms. The highest BCUT2D eigenvalue weighted by molar-refractivity contribution is 7.99. The van der Waals surface area contributed by atoms with Crippen LogP contribution in [0.2, 0.25) is 0 Å². The van der Waals surface area contributed by atoms with Crippen LogP contribution in [0.3, 0.4) is 0 Å². The second kappa shape index (κ2) is 5.56. The minimum Gasteiger partial charge on any atom is -0.437 e. The summed E-state index contributed by atoms with van der Waals surface area (Å²) >= 11 is 1.57. The third-order valence-corrected chi connectivity index (χ3v) is 3.75. The van der Waals surface area contributed by atoms with Crippen LogP contribution in [0.15, 0.2) is 9.64 Å². The van der Waals surface area contributed by atoms with Gasteiger partial charge in [0, 0.05) is 5.25 Å². The summed E-state index contributed by atoms with van der Waals surface area (Å²) in [5, 5.41) is 13.1. The quantitative estimate of drug-likeness (QED) is 0.817. The average molecular weight is 253 g/mol. The van der Waals surface area contributed by atoms with Gasteiger partial charge in [-0.05, 0) is 34.2 Å². The summed E-state index contributed by atoms with van der Waals surface area (Å²) < 4.78 is 5.52. The SMILES string of the molecule is CNC(C)(C#N)CC(C)Sc1nc(C)c(C)o1. The van der Waals surface area contributed by atoms with E-state index in [0.29, 0.717) is 5.22 Å². The van der Waals surface area contributed by atoms with Crippen molar-refractivity contribution in [2.24, 2.45) is 0 Å². The van der Waals surface area contributed by atoms with Gasteiger partial charge >= 0.3 is 0 Å². The van der Waals surface area contributed by atoms with Crippen molar-refractivity contribution in [2.75, 3.05) is 7.05 Å². The summed E-state index contributed by atoms with van der Waals surface area (Å²) in [6.07, 6.45) is 0.741. The number of hydrogen-bond acceptors (Lipinski definition) is 5. The van der Waals surface area contributed by atoms with E-state index in [0.717, 1.165) is 17.9 Å². The van der Waals surface area contributed by atoms with Gasteiger partial charge in [0.05, 0.1) is 11.8 Å². The number of hydrogen-bond donors (Lipinski definition) is 1. The van der Waals surface area contributed by atoms with Crippen molar-refractivity contribution >= 4 is 11.8 Å². The van der Waals surface area contributed by atoms with Crippen molar-refractivity contribution in [2.45, 2.75) is 50.1 Å². The van der Waals surface area contributed by atoms with Crippen molar-refractivity contribution in [3.05, 3.63) is 11.5 Å². The third kappa shape index (κ3) is 3.76. The van der Waals surface area contributed by atoms with Gasteiger partial charge in [0.25, 0.3) is 5.22 Å². The van der Waals surface area contributed by atoms with Crippen LogP contribution < -0.4 is 5.32 Å². The zero-order valence-corrected chi connectivity index (χ0v) is 11.8. The highest BCUT2D eigenvalue weighted by Gasteiger charge is 2.25. The van der Waals surface area contributed by atoms with Gasteiger partial charge in [-0.15, -0.1) is 0 Å². The second-order valence-electron chi connectivity index (χ2n) is 4.45. The van der Waals surface area contributed by atoms with E-state index in [-0.39, 0.29) is 5.25 Å². The maximum absolute atomic E-state index is 9.09. The van der Waals surface area contributed by atoms with Crippen molar-refractivity contribution in [1.29, 1.82) is 5.26 Å². The summed E-state index contributed by atoms with van der Waals surface area (Å²) in [6.45, 7) is 7.81. The number of thioether (sulfide) groups is 1. The van der Waals surface area contributed by atoms with Crippen molar-refractivity contribution in [3.63, 3.8) is 0 Å². The summed E-state index contributed by atoms with van der Waals surface area (Å²) in [7, 11) is 1.81. The Balaban J connectivity index is 2.61. The van der Waals surface area contributed by atoms with Crippen molar-refractivity contribution < 1.29 is 4.42 Å². The lowest BCUT2D eigenvalue weighted by Gasteiger charge is -2.23. The van der Waals surface area contributed by atoms with Gasteiger partial charge in [0.1, 0.15) is 11.3 Å². The molecule has 1 aromatic heterocycles. The predicted octanol–water partition coefficient (Wildman–Crippen LogP) is 2.66. The van der Waals surface area contributed by atoms with Gasteiger partial charge in [-0.1, -0.05) is 18.7 Å². The zero-order chi connectivity index (χ0) is 13.1. The summed E-state index contributed by atoms with van der Waals surface area (Å²) in [4.78, 5) is 4.32. The van der Waals surface area contributed by atoms with Crippen molar-refractivity contribution in [1.82, 2.24) is 10.3 Å². The van der Waals surface area contributed by atoms with Crippen LogP contribution >= 0.6 is 11.8 Å². The van der Waals surface area contributed by atoms with Crippen LogP contribution in [0.1, 0.15) is 31.7 Å². The minimum absolute atomic E-state index is 0.268. The van der Waals surface area contributed by atoms with E-state index >= 15 is 0 Å². The monoisotopic (exact) mass is 253 g/mol. The van der Waals surface area contributed by atoms with E-state index < -0.39 is 5.54 Å². The van der Waals surface area contributed by atoms with Gasteiger partial charge in [0.15, 0.2) is 0 Å². The largest absolute Gasteiger partial charge is 0.437 e. The Labute approximate surface area is 107 Å². The van der Waals surface area contributed by atoms with Gasteiger partial charge in [-0.3, -0.25) is 0 Å². The van der Waals surface area contributed by atoms with Gasteiger partial charge in [0.2, 0.25) is 0 Å². The number of aromatic nitrogens is 1. The van der Waals surface area contributed by atoms with Crippen LogP contribution in [0.4, 0.5) is 0 Å². The molecule has 1 heterocycles. The molecule has 0 aliphatic heterocycles. The van der Waals surface area contributed by atoms with Gasteiger partial charge in [-0.2, -0.15) is 5.26 Å². The molecular formula is C12H19N3OS. The van der Waals surface area contributed by atoms with E-state index in [9.17, 15) is 0 Å². The molecule has 0 radical (unpaired) electrons. The van der Waals surface area contributed by atoms with Crippen LogP contribution in [-0.4, -0.2) is 22.8 Å². The fourth-order valence-electron chi connectivity index (χ4n) is 1.49. The summed E-state index contributed by atoms with van der Waals surface area (Å²) in [6, 6.07) is 2.29. The van der Waals surface area contributed by atoms with E-state index in [4.69, 9.17) is 9.68 Å². The number of nitrogens with one attached hydrogen (secondary N) is 1. The topological polar surface area (TPSA) is 61.9 Å². The molecule has 1 N–H and O–H groups in total. The number of oxazole rings is 1. The lowest BCUT2D eigenvalue weighted by atomic mass is 9.98. The van der Waals surface area contributed by atoms with E-state index in [1.54, 1.807) is 18.8 Å². The molecule has 2 unspecified atom stereocenters. The summed E-state index contributed by atoms with van der Waals surface area (Å²) in [5.74, 6) is 0.858. The molecule has 0 saturated heterocycles. The maximum atomic E-state index is 9.09. The predicted molar refractivity (Wildman–Crippen MR) is 69.0 cm³/mol. The maximum Gasteiger partial charge on any atom is 0.256 e. The van der Waals surface area contributed by atoms with Crippen molar-refractivity contribution in [3.8, 4) is 6.07 Å². The molecular weight excluding hydrogens is 234 g/mol. The molecule has 4 nitrogen and oxygen atoms in total. The molecule has 0 saturated carbocycles. The average Bonchev–Trinajstić information content (AvgIpc) is 2.57. The summed E-state index contributed by atoms with van der Waals surface area (Å²) in [5.41, 5.74) is 0.430. The molecule has 0 aromatic carbocycles. The van der Waals surface area contributed by atoms with Gasteiger partial charge < -0.3 is 9.73 Å². The lowest BCUT2D eigenvalue weighted by Crippen LogP contribution is -2.40. The van der Waals surface area contributed by atoms with E-state index in [1.165, 1.54) is 0 Å². The lowest BCUT2D eigenvalue weighted by molar-refractivity contribution is 0.425. The molecule has 94 valence electrons. The molecule has 17 heavy (non-hydrogen) atoms. The molecule has 0 fully saturated rings. The molecule has 2 atom stereocenters. The highest BCUT2D eigenvalue weighted by Crippen LogP contribution is 2.29. The highest BCUT2D eigenvalue weighted by atomic mass is 32.2. The number of nitriles is 1. The minimum atomic E-state index is -0.497. The normalized spacial score (nSPS) is 16.2. The number of rotatable bonds is 5. The van der Waals surface area contributed by atoms with Gasteiger partial charge in [-0.25, -0.2) is 4.98 Å². The Kier molecular flexibility index (Phi) is 4.61. The van der Waals surface area contributed by atoms with E-state index in [2.05, 4.69) is 23.3 Å². The fraction of sp³-hybridized carbons (Fsp3) is 0.667. The molecule has 5 heteroatoms. The Morgan fingerprint density at radius 2 is 2.24 bits per heavy atom. The fourth-order valence-corrected chi connectivity index (χ4v) is 2.61. The third-order valence-electron chi connectivity index (χ3n) is 2.81. The number of aryl methyl sites for hydroxylation is 2. The Hall–Kier alpha value is -0.990. The molecule has 0 aliphatic rings. The smallest absolute Gasteiger partial charge is 0.256 e. The Bertz CT molecular complexity index is 404. The Morgan fingerprint density at radius 3 is 2.65 bits per heavy atom. The van der Waals surface area contributed by atoms with Crippen LogP contribution in [0.25, 0.3) is 0 Å². The first-order valence-corrected chi connectivity index (χ1v) is 6.49. The molecule has 0 aliphatic carbocycles. The first-order valence-electron chi connectivity index (χ1n) is 5.61. The van der Waals surface area contributed by atoms with Crippen LogP contribution in [0.5, 0.6) is 0 Å². The number of nitrogens with zero attached hydrogens (tertiary/aromatic N) is 2. The van der Waals surface area contributed by atoms with Crippen LogP contribution in [0, 0.1) is 25.2 Å². The standard InChI is InChI=1S/C12H19N3OS/c1-8(6-12(4,7-13)14-5)17-11-15-9(2)10(3)16-11/h8,14H,6H2,1-5H3. The zero-order valence-electron chi connectivity index (χ0n) is 11.0. The molecule has 1 rings (SSSR count). The molecule has 1 aromatic rings. The van der Waals surface area contributed by atoms with Crippen LogP contribution in [-0.2, 0) is 0 Å². The second-order valence-corrected chi connectivity index (χ2v) is 5.84. The van der Waals surface area contributed by atoms with E-state index in [1.807, 2.05) is 20.8 Å². The first-order chi connectivity index (χ1) is 7.90. The first kappa shape index (κ1) is 14.1. The molecule has 0 amide bonds. The molecule has 0 spiro atoms. The Morgan fingerprint density at radius 1 is 1.59 bits per heavy atom.